The van der Waals surface area contributed by atoms with Crippen molar-refractivity contribution in [3.63, 3.8) is 0 Å². The summed E-state index contributed by atoms with van der Waals surface area (Å²) in [4.78, 5) is 0. The Balaban J connectivity index is 2.09. The molecule has 0 radical (unpaired) electrons. The first-order valence-corrected chi connectivity index (χ1v) is 11.6. The molecule has 33 heavy (non-hydrogen) atoms. The minimum Gasteiger partial charge on any atom is -0.507 e. The van der Waals surface area contributed by atoms with E-state index in [-0.39, 0.29) is 17.3 Å². The van der Waals surface area contributed by atoms with Crippen molar-refractivity contribution in [2.45, 2.75) is 63.9 Å². The zero-order valence-corrected chi connectivity index (χ0v) is 20.0. The molecule has 1 saturated heterocycles. The van der Waals surface area contributed by atoms with Gasteiger partial charge in [0.2, 0.25) is 0 Å². The first-order valence-electron chi connectivity index (χ1n) is 11.6. The SMILES string of the molecule is CCC1CCC(C)(c2c(C(C)(C)COC)n(-c3ccc(F)c(F)c3)c3cccc(O)c23)CO1. The van der Waals surface area contributed by atoms with E-state index in [2.05, 4.69) is 27.7 Å². The predicted octanol–water partition coefficient (Wildman–Crippen LogP) is 6.39. The van der Waals surface area contributed by atoms with Crippen molar-refractivity contribution in [2.75, 3.05) is 20.3 Å². The molecule has 0 aliphatic carbocycles. The third-order valence-corrected chi connectivity index (χ3v) is 6.99. The first-order chi connectivity index (χ1) is 15.6. The van der Waals surface area contributed by atoms with Crippen molar-refractivity contribution in [3.8, 4) is 11.4 Å². The van der Waals surface area contributed by atoms with Crippen LogP contribution in [0.4, 0.5) is 8.78 Å². The molecule has 6 heteroatoms. The van der Waals surface area contributed by atoms with E-state index in [1.54, 1.807) is 25.3 Å². The molecule has 0 amide bonds. The summed E-state index contributed by atoms with van der Waals surface area (Å²) in [6, 6.07) is 9.29. The molecule has 1 fully saturated rings. The number of aromatic nitrogens is 1. The fourth-order valence-electron chi connectivity index (χ4n) is 5.33. The largest absolute Gasteiger partial charge is 0.507 e. The number of nitrogens with zero attached hydrogens (tertiary/aromatic N) is 1. The van der Waals surface area contributed by atoms with E-state index in [9.17, 15) is 13.9 Å². The molecule has 0 saturated carbocycles. The van der Waals surface area contributed by atoms with Crippen molar-refractivity contribution in [3.05, 3.63) is 59.3 Å². The summed E-state index contributed by atoms with van der Waals surface area (Å²) in [7, 11) is 1.65. The number of phenols is 1. The summed E-state index contributed by atoms with van der Waals surface area (Å²) in [5.41, 5.74) is 2.28. The maximum Gasteiger partial charge on any atom is 0.160 e. The Morgan fingerprint density at radius 3 is 2.58 bits per heavy atom. The molecule has 0 bridgehead atoms. The van der Waals surface area contributed by atoms with Crippen molar-refractivity contribution in [1.82, 2.24) is 4.57 Å². The molecule has 1 aliphatic heterocycles. The van der Waals surface area contributed by atoms with Gasteiger partial charge in [-0.3, -0.25) is 0 Å². The number of rotatable bonds is 6. The summed E-state index contributed by atoms with van der Waals surface area (Å²) < 4.78 is 41.9. The van der Waals surface area contributed by atoms with Crippen LogP contribution in [0.3, 0.4) is 0 Å². The number of hydrogen-bond donors (Lipinski definition) is 1. The molecule has 1 aliphatic rings. The lowest BCUT2D eigenvalue weighted by Gasteiger charge is -2.40. The number of methoxy groups -OCH3 is 1. The highest BCUT2D eigenvalue weighted by Gasteiger charge is 2.42. The predicted molar refractivity (Wildman–Crippen MR) is 126 cm³/mol. The molecular formula is C27H33F2NO3. The first kappa shape index (κ1) is 23.7. The van der Waals surface area contributed by atoms with Crippen LogP contribution >= 0.6 is 0 Å². The van der Waals surface area contributed by atoms with Gasteiger partial charge in [0.15, 0.2) is 11.6 Å². The molecule has 1 aromatic heterocycles. The molecule has 3 aromatic rings. The van der Waals surface area contributed by atoms with Gasteiger partial charge in [0.25, 0.3) is 0 Å². The van der Waals surface area contributed by atoms with E-state index in [0.29, 0.717) is 18.9 Å². The number of fused-ring (bicyclic) bond motifs is 1. The van der Waals surface area contributed by atoms with E-state index in [4.69, 9.17) is 9.47 Å². The lowest BCUT2D eigenvalue weighted by molar-refractivity contribution is -0.0270. The Bertz CT molecular complexity index is 1160. The third-order valence-electron chi connectivity index (χ3n) is 6.99. The zero-order valence-electron chi connectivity index (χ0n) is 20.0. The van der Waals surface area contributed by atoms with Gasteiger partial charge in [-0.15, -0.1) is 0 Å². The van der Waals surface area contributed by atoms with Gasteiger partial charge in [-0.1, -0.05) is 33.8 Å². The summed E-state index contributed by atoms with van der Waals surface area (Å²) in [6.45, 7) is 9.37. The molecular weight excluding hydrogens is 424 g/mol. The highest BCUT2D eigenvalue weighted by Crippen LogP contribution is 2.49. The number of halogens is 2. The average molecular weight is 458 g/mol. The van der Waals surface area contributed by atoms with Crippen molar-refractivity contribution in [1.29, 1.82) is 0 Å². The van der Waals surface area contributed by atoms with E-state index >= 15 is 0 Å². The van der Waals surface area contributed by atoms with Crippen LogP contribution in [0.15, 0.2) is 36.4 Å². The van der Waals surface area contributed by atoms with Gasteiger partial charge >= 0.3 is 0 Å². The number of phenolic OH excluding ortho intramolecular Hbond substituents is 1. The van der Waals surface area contributed by atoms with Crippen molar-refractivity contribution < 1.29 is 23.4 Å². The zero-order chi connectivity index (χ0) is 24.0. The van der Waals surface area contributed by atoms with Crippen molar-refractivity contribution in [2.24, 2.45) is 0 Å². The highest BCUT2D eigenvalue weighted by atomic mass is 19.2. The molecule has 2 atom stereocenters. The second-order valence-electron chi connectivity index (χ2n) is 10.1. The monoisotopic (exact) mass is 457 g/mol. The topological polar surface area (TPSA) is 43.6 Å². The van der Waals surface area contributed by atoms with Crippen LogP contribution in [-0.4, -0.2) is 36.1 Å². The normalized spacial score (nSPS) is 21.6. The maximum absolute atomic E-state index is 14.4. The molecule has 2 aromatic carbocycles. The van der Waals surface area contributed by atoms with Crippen LogP contribution in [0, 0.1) is 11.6 Å². The van der Waals surface area contributed by atoms with Crippen LogP contribution in [-0.2, 0) is 20.3 Å². The minimum atomic E-state index is -0.912. The van der Waals surface area contributed by atoms with Crippen LogP contribution in [0.5, 0.6) is 5.75 Å². The average Bonchev–Trinajstić information content (AvgIpc) is 3.15. The number of hydrogen-bond acceptors (Lipinski definition) is 3. The van der Waals surface area contributed by atoms with Gasteiger partial charge in [-0.25, -0.2) is 8.78 Å². The highest BCUT2D eigenvalue weighted by molar-refractivity contribution is 5.94. The second-order valence-corrected chi connectivity index (χ2v) is 10.1. The molecule has 1 N–H and O–H groups in total. The molecule has 2 unspecified atom stereocenters. The number of ether oxygens (including phenoxy) is 2. The number of benzene rings is 2. The van der Waals surface area contributed by atoms with Gasteiger partial charge in [-0.2, -0.15) is 0 Å². The fourth-order valence-corrected chi connectivity index (χ4v) is 5.33. The molecule has 2 heterocycles. The van der Waals surface area contributed by atoms with Gasteiger partial charge in [0, 0.05) is 40.8 Å². The van der Waals surface area contributed by atoms with Crippen LogP contribution in [0.1, 0.15) is 58.2 Å². The summed E-state index contributed by atoms with van der Waals surface area (Å²) in [5, 5.41) is 11.8. The van der Waals surface area contributed by atoms with Crippen LogP contribution < -0.4 is 0 Å². The summed E-state index contributed by atoms with van der Waals surface area (Å²) >= 11 is 0. The lowest BCUT2D eigenvalue weighted by Crippen LogP contribution is -2.40. The van der Waals surface area contributed by atoms with Gasteiger partial charge in [0.05, 0.1) is 24.8 Å². The molecule has 4 nitrogen and oxygen atoms in total. The minimum absolute atomic E-state index is 0.164. The Kier molecular flexibility index (Phi) is 6.27. The molecule has 0 spiro atoms. The molecule has 178 valence electrons. The fraction of sp³-hybridized carbons (Fsp3) is 0.481. The quantitative estimate of drug-likeness (QED) is 0.467. The van der Waals surface area contributed by atoms with E-state index < -0.39 is 17.0 Å². The Morgan fingerprint density at radius 1 is 1.21 bits per heavy atom. The van der Waals surface area contributed by atoms with Gasteiger partial charge < -0.3 is 19.1 Å². The van der Waals surface area contributed by atoms with Gasteiger partial charge in [-0.05, 0) is 49.1 Å². The van der Waals surface area contributed by atoms with E-state index in [1.165, 1.54) is 6.07 Å². The third kappa shape index (κ3) is 4.04. The summed E-state index contributed by atoms with van der Waals surface area (Å²) in [6.07, 6.45) is 3.00. The Morgan fingerprint density at radius 2 is 1.97 bits per heavy atom. The van der Waals surface area contributed by atoms with Crippen LogP contribution in [0.25, 0.3) is 16.6 Å². The molecule has 4 rings (SSSR count). The smallest absolute Gasteiger partial charge is 0.160 e. The van der Waals surface area contributed by atoms with E-state index in [0.717, 1.165) is 47.5 Å². The summed E-state index contributed by atoms with van der Waals surface area (Å²) in [5.74, 6) is -1.64. The standard InChI is InChI=1S/C27H33F2NO3/c1-6-18-12-13-27(4,16-33-18)24-23-21(8-7-9-22(23)31)30(25(24)26(2,3)15-32-5)17-10-11-19(28)20(29)14-17/h7-11,14,18,31H,6,12-13,15-16H2,1-5H3. The Labute approximate surface area is 194 Å². The lowest BCUT2D eigenvalue weighted by atomic mass is 9.71. The van der Waals surface area contributed by atoms with Gasteiger partial charge in [0.1, 0.15) is 5.75 Å². The van der Waals surface area contributed by atoms with E-state index in [1.807, 2.05) is 10.6 Å². The van der Waals surface area contributed by atoms with Crippen LogP contribution in [0.2, 0.25) is 0 Å². The number of aromatic hydroxyl groups is 1. The Hall–Kier alpha value is -2.44. The van der Waals surface area contributed by atoms with Crippen molar-refractivity contribution >= 4 is 10.9 Å². The maximum atomic E-state index is 14.4. The second kappa shape index (κ2) is 8.73.